The Balaban J connectivity index is 2.79. The van der Waals surface area contributed by atoms with Gasteiger partial charge in [0.2, 0.25) is 0 Å². The summed E-state index contributed by atoms with van der Waals surface area (Å²) >= 11 is 0. The van der Waals surface area contributed by atoms with Gasteiger partial charge in [-0.15, -0.1) is 0 Å². The molecule has 2 heteroatoms. The first-order valence-corrected chi connectivity index (χ1v) is 5.21. The van der Waals surface area contributed by atoms with Gasteiger partial charge in [0.25, 0.3) is 0 Å². The molecule has 78 valence electrons. The van der Waals surface area contributed by atoms with E-state index in [0.717, 1.165) is 24.8 Å². The third-order valence-electron chi connectivity index (χ3n) is 2.59. The number of hydrogen-bond donors (Lipinski definition) is 2. The standard InChI is InChI=1S/C12H19NO/c1-2-3-9-12(14,10-13)11-7-5-4-6-8-11/h4-8,14H,2-3,9-10,13H2,1H3. The van der Waals surface area contributed by atoms with Crippen LogP contribution in [0.5, 0.6) is 0 Å². The SMILES string of the molecule is CCCCC(O)(CN)c1ccccc1. The molecule has 1 rings (SSSR count). The molecule has 3 N–H and O–H groups in total. The van der Waals surface area contributed by atoms with E-state index >= 15 is 0 Å². The van der Waals surface area contributed by atoms with Gasteiger partial charge in [-0.2, -0.15) is 0 Å². The average molecular weight is 193 g/mol. The molecule has 14 heavy (non-hydrogen) atoms. The molecule has 0 bridgehead atoms. The molecule has 0 saturated heterocycles. The number of benzene rings is 1. The van der Waals surface area contributed by atoms with E-state index in [4.69, 9.17) is 5.73 Å². The minimum absolute atomic E-state index is 0.289. The van der Waals surface area contributed by atoms with Crippen LogP contribution in [0.15, 0.2) is 30.3 Å². The van der Waals surface area contributed by atoms with Gasteiger partial charge in [-0.1, -0.05) is 50.1 Å². The Morgan fingerprint density at radius 3 is 2.43 bits per heavy atom. The fourth-order valence-corrected chi connectivity index (χ4v) is 1.58. The quantitative estimate of drug-likeness (QED) is 0.751. The summed E-state index contributed by atoms with van der Waals surface area (Å²) in [5.41, 5.74) is 5.72. The van der Waals surface area contributed by atoms with Crippen molar-refractivity contribution in [2.45, 2.75) is 31.8 Å². The molecule has 0 aliphatic carbocycles. The highest BCUT2D eigenvalue weighted by molar-refractivity contribution is 5.22. The second-order valence-electron chi connectivity index (χ2n) is 3.71. The lowest BCUT2D eigenvalue weighted by Gasteiger charge is -2.26. The lowest BCUT2D eigenvalue weighted by Crippen LogP contribution is -2.34. The van der Waals surface area contributed by atoms with Gasteiger partial charge < -0.3 is 10.8 Å². The van der Waals surface area contributed by atoms with Crippen molar-refractivity contribution in [2.24, 2.45) is 5.73 Å². The van der Waals surface area contributed by atoms with E-state index in [9.17, 15) is 5.11 Å². The minimum Gasteiger partial charge on any atom is -0.384 e. The third kappa shape index (κ3) is 2.56. The van der Waals surface area contributed by atoms with Gasteiger partial charge in [-0.3, -0.25) is 0 Å². The van der Waals surface area contributed by atoms with E-state index in [1.807, 2.05) is 30.3 Å². The third-order valence-corrected chi connectivity index (χ3v) is 2.59. The molecule has 1 aromatic carbocycles. The fourth-order valence-electron chi connectivity index (χ4n) is 1.58. The van der Waals surface area contributed by atoms with Crippen molar-refractivity contribution < 1.29 is 5.11 Å². The van der Waals surface area contributed by atoms with Crippen molar-refractivity contribution >= 4 is 0 Å². The summed E-state index contributed by atoms with van der Waals surface area (Å²) < 4.78 is 0. The van der Waals surface area contributed by atoms with E-state index in [0.29, 0.717) is 0 Å². The van der Waals surface area contributed by atoms with Crippen molar-refractivity contribution in [3.05, 3.63) is 35.9 Å². The van der Waals surface area contributed by atoms with Crippen molar-refractivity contribution in [1.82, 2.24) is 0 Å². The molecule has 0 spiro atoms. The van der Waals surface area contributed by atoms with Gasteiger partial charge in [0.05, 0.1) is 0 Å². The maximum absolute atomic E-state index is 10.3. The Labute approximate surface area is 85.8 Å². The molecule has 0 heterocycles. The molecule has 0 radical (unpaired) electrons. The van der Waals surface area contributed by atoms with Crippen LogP contribution in [-0.4, -0.2) is 11.7 Å². The number of hydrogen-bond acceptors (Lipinski definition) is 2. The predicted octanol–water partition coefficient (Wildman–Crippen LogP) is 2.02. The van der Waals surface area contributed by atoms with Crippen LogP contribution in [-0.2, 0) is 5.60 Å². The first kappa shape index (κ1) is 11.2. The van der Waals surface area contributed by atoms with Gasteiger partial charge in [-0.25, -0.2) is 0 Å². The summed E-state index contributed by atoms with van der Waals surface area (Å²) in [7, 11) is 0. The largest absolute Gasteiger partial charge is 0.384 e. The maximum atomic E-state index is 10.3. The van der Waals surface area contributed by atoms with Gasteiger partial charge in [0.1, 0.15) is 5.60 Å². The Hall–Kier alpha value is -0.860. The molecule has 0 amide bonds. The highest BCUT2D eigenvalue weighted by atomic mass is 16.3. The molecule has 1 unspecified atom stereocenters. The summed E-state index contributed by atoms with van der Waals surface area (Å²) in [6, 6.07) is 9.68. The van der Waals surface area contributed by atoms with Crippen molar-refractivity contribution in [3.8, 4) is 0 Å². The number of unbranched alkanes of at least 4 members (excludes halogenated alkanes) is 1. The van der Waals surface area contributed by atoms with E-state index in [2.05, 4.69) is 6.92 Å². The molecule has 0 aliphatic heterocycles. The Morgan fingerprint density at radius 2 is 1.93 bits per heavy atom. The average Bonchev–Trinajstić information content (AvgIpc) is 2.27. The van der Waals surface area contributed by atoms with Crippen LogP contribution in [0.25, 0.3) is 0 Å². The summed E-state index contributed by atoms with van der Waals surface area (Å²) in [5, 5.41) is 10.3. The highest BCUT2D eigenvalue weighted by Crippen LogP contribution is 2.25. The van der Waals surface area contributed by atoms with E-state index in [1.54, 1.807) is 0 Å². The lowest BCUT2D eigenvalue weighted by atomic mass is 9.89. The number of nitrogens with two attached hydrogens (primary N) is 1. The monoisotopic (exact) mass is 193 g/mol. The zero-order valence-electron chi connectivity index (χ0n) is 8.74. The van der Waals surface area contributed by atoms with E-state index in [-0.39, 0.29) is 6.54 Å². The molecule has 0 aliphatic rings. The normalized spacial score (nSPS) is 15.1. The number of aliphatic hydroxyl groups is 1. The van der Waals surface area contributed by atoms with Gasteiger partial charge >= 0.3 is 0 Å². The van der Waals surface area contributed by atoms with Gasteiger partial charge in [0, 0.05) is 6.54 Å². The van der Waals surface area contributed by atoms with E-state index < -0.39 is 5.60 Å². The van der Waals surface area contributed by atoms with Gasteiger partial charge in [-0.05, 0) is 12.0 Å². The second-order valence-corrected chi connectivity index (χ2v) is 3.71. The van der Waals surface area contributed by atoms with E-state index in [1.165, 1.54) is 0 Å². The zero-order chi connectivity index (χ0) is 10.4. The minimum atomic E-state index is -0.836. The molecule has 0 fully saturated rings. The zero-order valence-corrected chi connectivity index (χ0v) is 8.74. The van der Waals surface area contributed by atoms with Gasteiger partial charge in [0.15, 0.2) is 0 Å². The Kier molecular flexibility index (Phi) is 4.11. The topological polar surface area (TPSA) is 46.2 Å². The van der Waals surface area contributed by atoms with Crippen LogP contribution in [0.3, 0.4) is 0 Å². The predicted molar refractivity (Wildman–Crippen MR) is 58.9 cm³/mol. The molecule has 0 saturated carbocycles. The summed E-state index contributed by atoms with van der Waals surface area (Å²) in [6.45, 7) is 2.40. The first-order chi connectivity index (χ1) is 6.73. The highest BCUT2D eigenvalue weighted by Gasteiger charge is 2.26. The molecule has 0 aromatic heterocycles. The van der Waals surface area contributed by atoms with Crippen LogP contribution in [0.1, 0.15) is 31.7 Å². The van der Waals surface area contributed by atoms with Crippen molar-refractivity contribution in [2.75, 3.05) is 6.54 Å². The number of rotatable bonds is 5. The van der Waals surface area contributed by atoms with Crippen LogP contribution >= 0.6 is 0 Å². The Morgan fingerprint density at radius 1 is 1.29 bits per heavy atom. The summed E-state index contributed by atoms with van der Waals surface area (Å²) in [6.07, 6.45) is 2.82. The Bertz CT molecular complexity index is 260. The molecular formula is C12H19NO. The maximum Gasteiger partial charge on any atom is 0.102 e. The molecule has 2 nitrogen and oxygen atoms in total. The molecule has 1 aromatic rings. The van der Waals surface area contributed by atoms with Crippen LogP contribution in [0.4, 0.5) is 0 Å². The lowest BCUT2D eigenvalue weighted by molar-refractivity contribution is 0.0344. The summed E-state index contributed by atoms with van der Waals surface area (Å²) in [4.78, 5) is 0. The van der Waals surface area contributed by atoms with Crippen LogP contribution in [0, 0.1) is 0 Å². The molecular weight excluding hydrogens is 174 g/mol. The van der Waals surface area contributed by atoms with Crippen molar-refractivity contribution in [1.29, 1.82) is 0 Å². The fraction of sp³-hybridized carbons (Fsp3) is 0.500. The summed E-state index contributed by atoms with van der Waals surface area (Å²) in [5.74, 6) is 0. The van der Waals surface area contributed by atoms with Crippen LogP contribution in [0.2, 0.25) is 0 Å². The van der Waals surface area contributed by atoms with Crippen LogP contribution < -0.4 is 5.73 Å². The first-order valence-electron chi connectivity index (χ1n) is 5.21. The van der Waals surface area contributed by atoms with Crippen molar-refractivity contribution in [3.63, 3.8) is 0 Å². The second kappa shape index (κ2) is 5.13. The smallest absolute Gasteiger partial charge is 0.102 e. The molecule has 1 atom stereocenters.